The van der Waals surface area contributed by atoms with Gasteiger partial charge in [0.1, 0.15) is 13.2 Å². The monoisotopic (exact) mass is 730 g/mol. The van der Waals surface area contributed by atoms with Gasteiger partial charge in [0.2, 0.25) is 0 Å². The van der Waals surface area contributed by atoms with E-state index in [0.29, 0.717) is 5.57 Å². The van der Waals surface area contributed by atoms with Crippen LogP contribution in [0.3, 0.4) is 0 Å². The van der Waals surface area contributed by atoms with Gasteiger partial charge in [0, 0.05) is 62.9 Å². The Morgan fingerprint density at radius 2 is 0.791 bits per heavy atom. The predicted molar refractivity (Wildman–Crippen MR) is 217 cm³/mol. The second-order valence-electron chi connectivity index (χ2n) is 18.2. The Labute approximate surface area is 274 Å². The number of hydrogen-bond donors (Lipinski definition) is 0. The highest BCUT2D eigenvalue weighted by molar-refractivity contribution is 7.92. The standard InChI is InChI=1S/C16H36O2Si4.C15H34O2Si4/c1-12-13-18-16(17)15(2)14-22(19(3,4)5,20(6,7)8)21(9,10)11;1-12-13-17-15(16)14(2)21(18(3,4)5,19(6,7)8)20(9,10)11/h12H,1-2,13-14H2,3-11H3;12H,1-2,13H2,3-11H3. The van der Waals surface area contributed by atoms with Gasteiger partial charge in [-0.15, -0.1) is 0 Å². The zero-order valence-electron chi connectivity index (χ0n) is 31.7. The maximum atomic E-state index is 12.6. The van der Waals surface area contributed by atoms with Gasteiger partial charge in [0.15, 0.2) is 0 Å². The van der Waals surface area contributed by atoms with Crippen molar-refractivity contribution in [1.29, 1.82) is 0 Å². The Kier molecular flexibility index (Phi) is 16.1. The molecule has 0 saturated carbocycles. The third-order valence-electron chi connectivity index (χ3n) is 9.35. The Bertz CT molecular complexity index is 953. The fourth-order valence-electron chi connectivity index (χ4n) is 9.91. The summed E-state index contributed by atoms with van der Waals surface area (Å²) in [5.74, 6) is -0.375. The van der Waals surface area contributed by atoms with Crippen LogP contribution in [0.1, 0.15) is 0 Å². The summed E-state index contributed by atoms with van der Waals surface area (Å²) in [5.41, 5.74) is 0.709. The lowest BCUT2D eigenvalue weighted by Gasteiger charge is -2.57. The van der Waals surface area contributed by atoms with Crippen LogP contribution in [0.25, 0.3) is 0 Å². The minimum Gasteiger partial charge on any atom is -0.458 e. The van der Waals surface area contributed by atoms with Crippen LogP contribution in [0.5, 0.6) is 0 Å². The molecule has 0 radical (unpaired) electrons. The highest BCUT2D eigenvalue weighted by atomic mass is 29.9. The molecule has 0 heterocycles. The van der Waals surface area contributed by atoms with Crippen molar-refractivity contribution >= 4 is 70.7 Å². The van der Waals surface area contributed by atoms with Crippen molar-refractivity contribution in [3.8, 4) is 0 Å². The molecule has 12 heteroatoms. The van der Waals surface area contributed by atoms with Gasteiger partial charge >= 0.3 is 11.9 Å². The number of esters is 2. The quantitative estimate of drug-likeness (QED) is 0.0729. The highest BCUT2D eigenvalue weighted by Crippen LogP contribution is 2.43. The van der Waals surface area contributed by atoms with Gasteiger partial charge < -0.3 is 9.47 Å². The Morgan fingerprint density at radius 3 is 1.02 bits per heavy atom. The van der Waals surface area contributed by atoms with E-state index in [9.17, 15) is 9.59 Å². The smallest absolute Gasteiger partial charge is 0.333 e. The van der Waals surface area contributed by atoms with E-state index >= 15 is 0 Å². The first-order chi connectivity index (χ1) is 18.8. The first-order valence-corrected chi connectivity index (χ1v) is 46.9. The molecule has 4 nitrogen and oxygen atoms in total. The van der Waals surface area contributed by atoms with Crippen LogP contribution in [-0.4, -0.2) is 84.0 Å². The molecule has 0 rings (SSSR count). The Hall–Kier alpha value is -0.365. The van der Waals surface area contributed by atoms with E-state index in [-0.39, 0.29) is 25.2 Å². The van der Waals surface area contributed by atoms with Gasteiger partial charge in [0.25, 0.3) is 0 Å². The second kappa shape index (κ2) is 15.5. The SMILES string of the molecule is C=CCOC(=O)C(=C)C[Si]([Si](C)(C)C)([Si](C)(C)C)[Si](C)(C)C.C=CCOC(=O)C(=C)[Si]([Si](C)(C)C)([Si](C)(C)C)[Si](C)(C)C. The third kappa shape index (κ3) is 10.1. The van der Waals surface area contributed by atoms with Gasteiger partial charge in [-0.2, -0.15) is 0 Å². The van der Waals surface area contributed by atoms with E-state index in [1.54, 1.807) is 12.2 Å². The molecule has 0 aliphatic heterocycles. The van der Waals surface area contributed by atoms with Crippen molar-refractivity contribution in [1.82, 2.24) is 0 Å². The number of carbonyl (C=O) groups excluding carboxylic acids is 2. The molecule has 0 unspecified atom stereocenters. The molecular weight excluding hydrogens is 661 g/mol. The van der Waals surface area contributed by atoms with E-state index in [2.05, 4.69) is 144 Å². The molecule has 0 saturated heterocycles. The van der Waals surface area contributed by atoms with E-state index < -0.39 is 58.8 Å². The molecule has 0 aromatic rings. The molecule has 0 aromatic carbocycles. The fraction of sp³-hybridized carbons (Fsp3) is 0.677. The van der Waals surface area contributed by atoms with E-state index in [4.69, 9.17) is 9.47 Å². The number of hydrogen-bond acceptors (Lipinski definition) is 4. The van der Waals surface area contributed by atoms with Crippen LogP contribution in [0.15, 0.2) is 49.2 Å². The minimum atomic E-state index is -1.90. The molecule has 0 fully saturated rings. The van der Waals surface area contributed by atoms with Gasteiger partial charge in [-0.3, -0.25) is 0 Å². The maximum Gasteiger partial charge on any atom is 0.333 e. The van der Waals surface area contributed by atoms with Gasteiger partial charge in [-0.1, -0.05) is 156 Å². The highest BCUT2D eigenvalue weighted by Gasteiger charge is 2.65. The van der Waals surface area contributed by atoms with E-state index in [1.807, 2.05) is 0 Å². The normalized spacial score (nSPS) is 13.7. The lowest BCUT2D eigenvalue weighted by molar-refractivity contribution is -0.138. The van der Waals surface area contributed by atoms with Crippen molar-refractivity contribution in [3.05, 3.63) is 49.2 Å². The van der Waals surface area contributed by atoms with Gasteiger partial charge in [-0.05, 0) is 6.04 Å². The van der Waals surface area contributed by atoms with Crippen molar-refractivity contribution in [2.45, 2.75) is 124 Å². The summed E-state index contributed by atoms with van der Waals surface area (Å²) in [6, 6.07) is 0.949. The summed E-state index contributed by atoms with van der Waals surface area (Å²) in [6.45, 7) is 57.5. The number of carbonyl (C=O) groups is 2. The van der Waals surface area contributed by atoms with Crippen molar-refractivity contribution < 1.29 is 19.1 Å². The van der Waals surface area contributed by atoms with Crippen molar-refractivity contribution in [2.24, 2.45) is 0 Å². The average molecular weight is 732 g/mol. The largest absolute Gasteiger partial charge is 0.458 e. The minimum absolute atomic E-state index is 0.158. The average Bonchev–Trinajstić information content (AvgIpc) is 2.74. The predicted octanol–water partition coefficient (Wildman–Crippen LogP) is 9.48. The summed E-state index contributed by atoms with van der Waals surface area (Å²) in [5, 5.41) is 0.877. The second-order valence-corrected chi connectivity index (χ2v) is 99.9. The zero-order chi connectivity index (χ0) is 35.3. The van der Waals surface area contributed by atoms with E-state index in [0.717, 1.165) is 11.2 Å². The molecule has 0 amide bonds. The van der Waals surface area contributed by atoms with Crippen LogP contribution < -0.4 is 0 Å². The molecule has 0 aliphatic carbocycles. The topological polar surface area (TPSA) is 52.6 Å². The molecule has 0 atom stereocenters. The molecule has 0 bridgehead atoms. The zero-order valence-corrected chi connectivity index (χ0v) is 39.7. The van der Waals surface area contributed by atoms with Crippen LogP contribution >= 0.6 is 0 Å². The molecule has 0 aliphatic rings. The van der Waals surface area contributed by atoms with Crippen LogP contribution in [0.2, 0.25) is 124 Å². The summed E-state index contributed by atoms with van der Waals surface area (Å²) in [7, 11) is -8.73. The molecule has 0 N–H and O–H groups in total. The summed E-state index contributed by atoms with van der Waals surface area (Å²) >= 11 is 0. The molecular formula is C31H70O4Si8. The first kappa shape index (κ1) is 44.8. The summed E-state index contributed by atoms with van der Waals surface area (Å²) in [6.07, 6.45) is 3.25. The van der Waals surface area contributed by atoms with Gasteiger partial charge in [-0.25, -0.2) is 9.59 Å². The Morgan fingerprint density at radius 1 is 0.512 bits per heavy atom. The summed E-state index contributed by atoms with van der Waals surface area (Å²) in [4.78, 5) is 24.9. The van der Waals surface area contributed by atoms with Crippen molar-refractivity contribution in [2.75, 3.05) is 13.2 Å². The lowest BCUT2D eigenvalue weighted by Crippen LogP contribution is -2.84. The maximum absolute atomic E-state index is 12.6. The van der Waals surface area contributed by atoms with Crippen LogP contribution in [0, 0.1) is 0 Å². The fourth-order valence-corrected chi connectivity index (χ4v) is 207. The van der Waals surface area contributed by atoms with Gasteiger partial charge in [0.05, 0.1) is 6.63 Å². The van der Waals surface area contributed by atoms with Crippen LogP contribution in [0.4, 0.5) is 0 Å². The molecule has 250 valence electrons. The Balaban J connectivity index is 0. The lowest BCUT2D eigenvalue weighted by atomic mass is 10.4. The molecule has 0 aromatic heterocycles. The van der Waals surface area contributed by atoms with Crippen LogP contribution in [-0.2, 0) is 19.1 Å². The summed E-state index contributed by atoms with van der Waals surface area (Å²) < 4.78 is 10.6. The molecule has 43 heavy (non-hydrogen) atoms. The number of rotatable bonds is 15. The molecule has 0 spiro atoms. The third-order valence-corrected chi connectivity index (χ3v) is 154. The van der Waals surface area contributed by atoms with Crippen molar-refractivity contribution in [3.63, 3.8) is 0 Å². The van der Waals surface area contributed by atoms with E-state index in [1.165, 1.54) is 0 Å². The number of ether oxygens (including phenoxy) is 2. The first-order valence-electron chi connectivity index (χ1n) is 15.7.